The highest BCUT2D eigenvalue weighted by Gasteiger charge is 2.12. The van der Waals surface area contributed by atoms with Crippen molar-refractivity contribution in [2.24, 2.45) is 5.73 Å². The molecule has 1 rings (SSSR count). The van der Waals surface area contributed by atoms with Gasteiger partial charge in [-0.15, -0.1) is 0 Å². The van der Waals surface area contributed by atoms with Gasteiger partial charge in [-0.2, -0.15) is 0 Å². The summed E-state index contributed by atoms with van der Waals surface area (Å²) in [5.41, 5.74) is 5.18. The molecule has 0 aromatic rings. The molecule has 2 N–H and O–H groups in total. The SMILES string of the molecule is N[CH][C@@H]1CCCO1. The summed E-state index contributed by atoms with van der Waals surface area (Å²) in [6, 6.07) is 0. The summed E-state index contributed by atoms with van der Waals surface area (Å²) in [5, 5.41) is 0. The van der Waals surface area contributed by atoms with Crippen LogP contribution in [0.3, 0.4) is 0 Å². The quantitative estimate of drug-likeness (QED) is 0.514. The largest absolute Gasteiger partial charge is 0.377 e. The Kier molecular flexibility index (Phi) is 1.65. The van der Waals surface area contributed by atoms with E-state index in [0.29, 0.717) is 0 Å². The Morgan fingerprint density at radius 1 is 1.71 bits per heavy atom. The van der Waals surface area contributed by atoms with Crippen molar-refractivity contribution in [1.82, 2.24) is 0 Å². The Labute approximate surface area is 43.6 Å². The summed E-state index contributed by atoms with van der Waals surface area (Å²) in [4.78, 5) is 0. The minimum atomic E-state index is 0.250. The lowest BCUT2D eigenvalue weighted by Crippen LogP contribution is -2.11. The fourth-order valence-corrected chi connectivity index (χ4v) is 0.754. The van der Waals surface area contributed by atoms with Crippen molar-refractivity contribution in [2.75, 3.05) is 6.61 Å². The Morgan fingerprint density at radius 3 is 2.86 bits per heavy atom. The molecule has 0 amide bonds. The van der Waals surface area contributed by atoms with Crippen LogP contribution in [0, 0.1) is 6.54 Å². The Bertz CT molecular complexity index is 50.0. The van der Waals surface area contributed by atoms with E-state index in [2.05, 4.69) is 0 Å². The molecule has 0 bridgehead atoms. The molecule has 0 unspecified atom stereocenters. The van der Waals surface area contributed by atoms with E-state index in [-0.39, 0.29) is 6.10 Å². The first-order valence-electron chi connectivity index (χ1n) is 2.60. The first-order chi connectivity index (χ1) is 3.43. The van der Waals surface area contributed by atoms with E-state index in [1.807, 2.05) is 0 Å². The minimum absolute atomic E-state index is 0.250. The van der Waals surface area contributed by atoms with Crippen molar-refractivity contribution in [2.45, 2.75) is 18.9 Å². The molecule has 1 radical (unpaired) electrons. The van der Waals surface area contributed by atoms with Crippen LogP contribution >= 0.6 is 0 Å². The lowest BCUT2D eigenvalue weighted by molar-refractivity contribution is 0.133. The highest BCUT2D eigenvalue weighted by molar-refractivity contribution is 4.73. The summed E-state index contributed by atoms with van der Waals surface area (Å²) in [6.07, 6.45) is 2.52. The number of hydrogen-bond acceptors (Lipinski definition) is 2. The van der Waals surface area contributed by atoms with Crippen molar-refractivity contribution >= 4 is 0 Å². The average molecular weight is 100 g/mol. The van der Waals surface area contributed by atoms with Crippen LogP contribution in [0.5, 0.6) is 0 Å². The van der Waals surface area contributed by atoms with Gasteiger partial charge in [0.1, 0.15) is 0 Å². The molecular weight excluding hydrogens is 90.1 g/mol. The van der Waals surface area contributed by atoms with Gasteiger partial charge in [-0.25, -0.2) is 0 Å². The average Bonchev–Trinajstić information content (AvgIpc) is 2.14. The van der Waals surface area contributed by atoms with Gasteiger partial charge in [0.15, 0.2) is 0 Å². The fraction of sp³-hybridized carbons (Fsp3) is 0.800. The number of hydrogen-bond donors (Lipinski definition) is 1. The van der Waals surface area contributed by atoms with Crippen LogP contribution in [0.25, 0.3) is 0 Å². The molecular formula is C5H10NO. The standard InChI is InChI=1S/C5H10NO/c6-4-5-2-1-3-7-5/h4-5H,1-3,6H2/t5-/m0/s1. The fourth-order valence-electron chi connectivity index (χ4n) is 0.754. The predicted octanol–water partition coefficient (Wildman–Crippen LogP) is 0.286. The third-order valence-corrected chi connectivity index (χ3v) is 1.18. The van der Waals surface area contributed by atoms with Gasteiger partial charge in [0.05, 0.1) is 6.10 Å². The molecule has 1 aliphatic heterocycles. The molecule has 1 atom stereocenters. The zero-order chi connectivity index (χ0) is 5.11. The van der Waals surface area contributed by atoms with Gasteiger partial charge in [0, 0.05) is 13.2 Å². The van der Waals surface area contributed by atoms with Crippen LogP contribution in [0.1, 0.15) is 12.8 Å². The monoisotopic (exact) mass is 100 g/mol. The van der Waals surface area contributed by atoms with Gasteiger partial charge < -0.3 is 10.5 Å². The molecule has 1 saturated heterocycles. The highest BCUT2D eigenvalue weighted by atomic mass is 16.5. The number of rotatable bonds is 1. The van der Waals surface area contributed by atoms with Crippen LogP contribution in [-0.2, 0) is 4.74 Å². The molecule has 2 heteroatoms. The molecule has 2 nitrogen and oxygen atoms in total. The summed E-state index contributed by atoms with van der Waals surface area (Å²) in [7, 11) is 0. The first-order valence-corrected chi connectivity index (χ1v) is 2.60. The molecule has 1 fully saturated rings. The van der Waals surface area contributed by atoms with E-state index in [0.717, 1.165) is 13.0 Å². The second-order valence-corrected chi connectivity index (χ2v) is 1.74. The Balaban J connectivity index is 2.14. The Morgan fingerprint density at radius 2 is 2.57 bits per heavy atom. The molecule has 0 aromatic heterocycles. The van der Waals surface area contributed by atoms with Crippen molar-refractivity contribution in [1.29, 1.82) is 0 Å². The van der Waals surface area contributed by atoms with E-state index in [4.69, 9.17) is 10.5 Å². The van der Waals surface area contributed by atoms with E-state index in [1.54, 1.807) is 6.54 Å². The van der Waals surface area contributed by atoms with Gasteiger partial charge >= 0.3 is 0 Å². The zero-order valence-corrected chi connectivity index (χ0v) is 4.26. The number of ether oxygens (including phenoxy) is 1. The maximum Gasteiger partial charge on any atom is 0.0742 e. The maximum absolute atomic E-state index is 5.18. The van der Waals surface area contributed by atoms with Crippen LogP contribution in [-0.4, -0.2) is 12.7 Å². The molecule has 1 aliphatic rings. The zero-order valence-electron chi connectivity index (χ0n) is 4.26. The van der Waals surface area contributed by atoms with Crippen LogP contribution < -0.4 is 5.73 Å². The first kappa shape index (κ1) is 5.06. The van der Waals surface area contributed by atoms with E-state index < -0.39 is 0 Å². The number of nitrogens with two attached hydrogens (primary N) is 1. The lowest BCUT2D eigenvalue weighted by atomic mass is 10.2. The molecule has 7 heavy (non-hydrogen) atoms. The van der Waals surface area contributed by atoms with Crippen molar-refractivity contribution in [3.63, 3.8) is 0 Å². The third-order valence-electron chi connectivity index (χ3n) is 1.18. The second-order valence-electron chi connectivity index (χ2n) is 1.74. The second kappa shape index (κ2) is 2.28. The summed E-state index contributed by atoms with van der Waals surface area (Å²) >= 11 is 0. The van der Waals surface area contributed by atoms with E-state index >= 15 is 0 Å². The molecule has 41 valence electrons. The summed E-state index contributed by atoms with van der Waals surface area (Å²) in [5.74, 6) is 0. The van der Waals surface area contributed by atoms with Crippen molar-refractivity contribution < 1.29 is 4.74 Å². The van der Waals surface area contributed by atoms with Gasteiger partial charge in [0.2, 0.25) is 0 Å². The normalized spacial score (nSPS) is 31.3. The molecule has 0 saturated carbocycles. The van der Waals surface area contributed by atoms with Gasteiger partial charge in [-0.05, 0) is 12.8 Å². The molecule has 1 heterocycles. The molecule has 0 aliphatic carbocycles. The van der Waals surface area contributed by atoms with E-state index in [1.165, 1.54) is 6.42 Å². The van der Waals surface area contributed by atoms with Crippen molar-refractivity contribution in [3.05, 3.63) is 6.54 Å². The summed E-state index contributed by atoms with van der Waals surface area (Å²) < 4.78 is 5.12. The molecule has 0 spiro atoms. The van der Waals surface area contributed by atoms with Gasteiger partial charge in [-0.1, -0.05) is 0 Å². The topological polar surface area (TPSA) is 35.2 Å². The Hall–Kier alpha value is -0.0800. The predicted molar refractivity (Wildman–Crippen MR) is 27.5 cm³/mol. The highest BCUT2D eigenvalue weighted by Crippen LogP contribution is 2.11. The smallest absolute Gasteiger partial charge is 0.0742 e. The summed E-state index contributed by atoms with van der Waals surface area (Å²) in [6.45, 7) is 2.51. The lowest BCUT2D eigenvalue weighted by Gasteiger charge is -2.00. The maximum atomic E-state index is 5.18. The molecule has 0 aromatic carbocycles. The van der Waals surface area contributed by atoms with Gasteiger partial charge in [0.25, 0.3) is 0 Å². The van der Waals surface area contributed by atoms with Crippen LogP contribution in [0.15, 0.2) is 0 Å². The van der Waals surface area contributed by atoms with Crippen LogP contribution in [0.4, 0.5) is 0 Å². The van der Waals surface area contributed by atoms with E-state index in [9.17, 15) is 0 Å². The van der Waals surface area contributed by atoms with Gasteiger partial charge in [-0.3, -0.25) is 0 Å². The third kappa shape index (κ3) is 1.14. The van der Waals surface area contributed by atoms with Crippen LogP contribution in [0.2, 0.25) is 0 Å². The van der Waals surface area contributed by atoms with Crippen molar-refractivity contribution in [3.8, 4) is 0 Å². The minimum Gasteiger partial charge on any atom is -0.377 e.